The SMILES string of the molecule is S=C(c1ccccc1)c1cccc(C2=CCCNC2)n1. The molecule has 2 aromatic rings. The average Bonchev–Trinajstić information content (AvgIpc) is 2.56. The maximum Gasteiger partial charge on any atom is 0.0823 e. The van der Waals surface area contributed by atoms with Crippen molar-refractivity contribution < 1.29 is 0 Å². The van der Waals surface area contributed by atoms with Gasteiger partial charge >= 0.3 is 0 Å². The van der Waals surface area contributed by atoms with Crippen molar-refractivity contribution in [1.82, 2.24) is 10.3 Å². The number of rotatable bonds is 3. The van der Waals surface area contributed by atoms with Crippen LogP contribution in [0.4, 0.5) is 0 Å². The van der Waals surface area contributed by atoms with Crippen LogP contribution in [0.2, 0.25) is 0 Å². The molecule has 0 aliphatic carbocycles. The Hall–Kier alpha value is -1.84. The van der Waals surface area contributed by atoms with Gasteiger partial charge in [-0.2, -0.15) is 0 Å². The Bertz CT molecular complexity index is 647. The van der Waals surface area contributed by atoms with Crippen molar-refractivity contribution in [3.63, 3.8) is 0 Å². The third-order valence-electron chi connectivity index (χ3n) is 3.37. The van der Waals surface area contributed by atoms with Crippen molar-refractivity contribution in [2.45, 2.75) is 6.42 Å². The molecule has 0 saturated carbocycles. The molecule has 0 spiro atoms. The van der Waals surface area contributed by atoms with E-state index in [0.29, 0.717) is 0 Å². The molecular weight excluding hydrogens is 264 g/mol. The Morgan fingerprint density at radius 3 is 2.65 bits per heavy atom. The van der Waals surface area contributed by atoms with Crippen LogP contribution in [-0.2, 0) is 0 Å². The first-order valence-electron chi connectivity index (χ1n) is 6.81. The first-order valence-corrected chi connectivity index (χ1v) is 7.22. The number of thiocarbonyl (C=S) groups is 1. The Labute approximate surface area is 124 Å². The summed E-state index contributed by atoms with van der Waals surface area (Å²) in [5.74, 6) is 0. The van der Waals surface area contributed by atoms with Gasteiger partial charge in [-0.1, -0.05) is 54.7 Å². The molecule has 1 aliphatic rings. The highest BCUT2D eigenvalue weighted by Crippen LogP contribution is 2.17. The molecule has 100 valence electrons. The van der Waals surface area contributed by atoms with E-state index in [2.05, 4.69) is 17.5 Å². The van der Waals surface area contributed by atoms with Gasteiger partial charge < -0.3 is 5.32 Å². The summed E-state index contributed by atoms with van der Waals surface area (Å²) in [4.78, 5) is 5.53. The van der Waals surface area contributed by atoms with E-state index in [9.17, 15) is 0 Å². The van der Waals surface area contributed by atoms with Gasteiger partial charge in [-0.3, -0.25) is 0 Å². The second-order valence-corrected chi connectivity index (χ2v) is 5.21. The maximum atomic E-state index is 5.55. The molecule has 3 rings (SSSR count). The largest absolute Gasteiger partial charge is 0.312 e. The summed E-state index contributed by atoms with van der Waals surface area (Å²) in [5.41, 5.74) is 4.19. The molecule has 0 amide bonds. The number of benzene rings is 1. The van der Waals surface area contributed by atoms with Crippen molar-refractivity contribution in [1.29, 1.82) is 0 Å². The van der Waals surface area contributed by atoms with Crippen LogP contribution in [0, 0.1) is 0 Å². The Balaban J connectivity index is 1.91. The van der Waals surface area contributed by atoms with E-state index in [0.717, 1.165) is 41.3 Å². The summed E-state index contributed by atoms with van der Waals surface area (Å²) in [6.45, 7) is 1.93. The summed E-state index contributed by atoms with van der Waals surface area (Å²) in [6.07, 6.45) is 3.32. The van der Waals surface area contributed by atoms with Gasteiger partial charge in [0.1, 0.15) is 0 Å². The van der Waals surface area contributed by atoms with Gasteiger partial charge in [0.2, 0.25) is 0 Å². The molecule has 1 N–H and O–H groups in total. The molecule has 2 heterocycles. The molecule has 20 heavy (non-hydrogen) atoms. The number of hydrogen-bond acceptors (Lipinski definition) is 3. The lowest BCUT2D eigenvalue weighted by Gasteiger charge is -2.14. The van der Waals surface area contributed by atoms with Crippen molar-refractivity contribution in [3.8, 4) is 0 Å². The van der Waals surface area contributed by atoms with Crippen LogP contribution in [0.3, 0.4) is 0 Å². The predicted octanol–water partition coefficient (Wildman–Crippen LogP) is 3.22. The van der Waals surface area contributed by atoms with Crippen LogP contribution < -0.4 is 5.32 Å². The molecule has 0 unspecified atom stereocenters. The number of pyridine rings is 1. The van der Waals surface area contributed by atoms with Crippen molar-refractivity contribution in [3.05, 3.63) is 71.6 Å². The van der Waals surface area contributed by atoms with Crippen molar-refractivity contribution in [2.24, 2.45) is 0 Å². The van der Waals surface area contributed by atoms with Crippen LogP contribution in [0.5, 0.6) is 0 Å². The number of nitrogens with zero attached hydrogens (tertiary/aromatic N) is 1. The highest BCUT2D eigenvalue weighted by atomic mass is 32.1. The van der Waals surface area contributed by atoms with Crippen molar-refractivity contribution >= 4 is 22.7 Å². The lowest BCUT2D eigenvalue weighted by atomic mass is 10.1. The van der Waals surface area contributed by atoms with Gasteiger partial charge in [-0.05, 0) is 36.2 Å². The first-order chi connectivity index (χ1) is 9.84. The monoisotopic (exact) mass is 280 g/mol. The Morgan fingerprint density at radius 1 is 1.05 bits per heavy atom. The second-order valence-electron chi connectivity index (χ2n) is 4.80. The molecule has 1 aromatic carbocycles. The van der Waals surface area contributed by atoms with Crippen LogP contribution in [0.15, 0.2) is 54.6 Å². The van der Waals surface area contributed by atoms with E-state index in [4.69, 9.17) is 17.2 Å². The fourth-order valence-electron chi connectivity index (χ4n) is 2.32. The highest BCUT2D eigenvalue weighted by molar-refractivity contribution is 7.81. The zero-order valence-electron chi connectivity index (χ0n) is 11.2. The Morgan fingerprint density at radius 2 is 1.90 bits per heavy atom. The fraction of sp³-hybridized carbons (Fsp3) is 0.176. The van der Waals surface area contributed by atoms with E-state index >= 15 is 0 Å². The summed E-state index contributed by atoms with van der Waals surface area (Å²) < 4.78 is 0. The van der Waals surface area contributed by atoms with Gasteiger partial charge in [-0.25, -0.2) is 4.98 Å². The zero-order valence-corrected chi connectivity index (χ0v) is 12.0. The standard InChI is InChI=1S/C17H16N2S/c20-17(13-6-2-1-3-7-13)16-10-4-9-15(19-16)14-8-5-11-18-12-14/h1-4,6-10,18H,5,11-12H2. The van der Waals surface area contributed by atoms with Crippen LogP contribution in [-0.4, -0.2) is 22.9 Å². The second kappa shape index (κ2) is 6.07. The minimum Gasteiger partial charge on any atom is -0.312 e. The van der Waals surface area contributed by atoms with E-state index in [-0.39, 0.29) is 0 Å². The summed E-state index contributed by atoms with van der Waals surface area (Å²) in [5, 5.41) is 3.37. The molecule has 2 nitrogen and oxygen atoms in total. The van der Waals surface area contributed by atoms with Gasteiger partial charge in [-0.15, -0.1) is 0 Å². The molecule has 1 aromatic heterocycles. The summed E-state index contributed by atoms with van der Waals surface area (Å²) in [7, 11) is 0. The van der Waals surface area contributed by atoms with E-state index in [1.807, 2.05) is 42.5 Å². The smallest absolute Gasteiger partial charge is 0.0823 e. The third kappa shape index (κ3) is 2.84. The number of aromatic nitrogens is 1. The molecule has 0 fully saturated rings. The molecule has 3 heteroatoms. The minimum absolute atomic E-state index is 0.803. The van der Waals surface area contributed by atoms with Crippen LogP contribution in [0.25, 0.3) is 5.57 Å². The lowest BCUT2D eigenvalue weighted by Crippen LogP contribution is -2.22. The van der Waals surface area contributed by atoms with E-state index < -0.39 is 0 Å². The summed E-state index contributed by atoms with van der Waals surface area (Å²) >= 11 is 5.55. The first kappa shape index (κ1) is 13.2. The van der Waals surface area contributed by atoms with Crippen LogP contribution in [0.1, 0.15) is 23.4 Å². The maximum absolute atomic E-state index is 5.55. The number of nitrogens with one attached hydrogen (secondary N) is 1. The number of hydrogen-bond donors (Lipinski definition) is 1. The average molecular weight is 280 g/mol. The normalized spacial score (nSPS) is 14.7. The Kier molecular flexibility index (Phi) is 4.00. The minimum atomic E-state index is 0.803. The topological polar surface area (TPSA) is 24.9 Å². The predicted molar refractivity (Wildman–Crippen MR) is 86.9 cm³/mol. The molecule has 0 radical (unpaired) electrons. The molecule has 1 aliphatic heterocycles. The van der Waals surface area contributed by atoms with Gasteiger partial charge in [0.05, 0.1) is 16.3 Å². The third-order valence-corrected chi connectivity index (χ3v) is 3.82. The highest BCUT2D eigenvalue weighted by Gasteiger charge is 2.10. The van der Waals surface area contributed by atoms with Gasteiger partial charge in [0, 0.05) is 6.54 Å². The fourth-order valence-corrected chi connectivity index (χ4v) is 2.57. The van der Waals surface area contributed by atoms with E-state index in [1.54, 1.807) is 0 Å². The zero-order chi connectivity index (χ0) is 13.8. The quantitative estimate of drug-likeness (QED) is 0.690. The summed E-state index contributed by atoms with van der Waals surface area (Å²) in [6, 6.07) is 16.1. The van der Waals surface area contributed by atoms with Gasteiger partial charge in [0.25, 0.3) is 0 Å². The molecular formula is C17H16N2S. The molecule has 0 bridgehead atoms. The lowest BCUT2D eigenvalue weighted by molar-refractivity contribution is 0.737. The van der Waals surface area contributed by atoms with Gasteiger partial charge in [0.15, 0.2) is 0 Å². The van der Waals surface area contributed by atoms with Crippen molar-refractivity contribution in [2.75, 3.05) is 13.1 Å². The van der Waals surface area contributed by atoms with E-state index in [1.165, 1.54) is 5.57 Å². The molecule has 0 saturated heterocycles. The van der Waals surface area contributed by atoms with Crippen LogP contribution >= 0.6 is 12.2 Å². The molecule has 0 atom stereocenters.